The van der Waals surface area contributed by atoms with Gasteiger partial charge in [0.25, 0.3) is 0 Å². The number of nitrogens with one attached hydrogen (secondary N) is 1. The quantitative estimate of drug-likeness (QED) is 0.654. The summed E-state index contributed by atoms with van der Waals surface area (Å²) in [5.41, 5.74) is 1.76. The van der Waals surface area contributed by atoms with Gasteiger partial charge in [0.1, 0.15) is 5.75 Å². The van der Waals surface area contributed by atoms with Gasteiger partial charge in [0, 0.05) is 29.6 Å². The predicted molar refractivity (Wildman–Crippen MR) is 101 cm³/mol. The number of aryl methyl sites for hydroxylation is 1. The van der Waals surface area contributed by atoms with Crippen LogP contribution < -0.4 is 10.1 Å². The van der Waals surface area contributed by atoms with E-state index in [1.807, 2.05) is 42.6 Å². The largest absolute Gasteiger partial charge is 0.496 e. The molecule has 0 spiro atoms. The molecule has 0 unspecified atom stereocenters. The van der Waals surface area contributed by atoms with E-state index < -0.39 is 0 Å². The highest BCUT2D eigenvalue weighted by atomic mass is 32.1. The summed E-state index contributed by atoms with van der Waals surface area (Å²) < 4.78 is 10.5. The number of ether oxygens (including phenoxy) is 1. The Bertz CT molecular complexity index is 845. The van der Waals surface area contributed by atoms with Crippen molar-refractivity contribution < 1.29 is 14.1 Å². The first kappa shape index (κ1) is 18.2. The average molecular weight is 371 g/mol. The SMILES string of the molecule is COc1ccccc1CN(CC(=O)Nc1cc(C)no1)Cc1cccs1. The lowest BCUT2D eigenvalue weighted by atomic mass is 10.2. The summed E-state index contributed by atoms with van der Waals surface area (Å²) in [6.07, 6.45) is 0. The second kappa shape index (κ2) is 8.64. The molecule has 136 valence electrons. The van der Waals surface area contributed by atoms with Gasteiger partial charge in [-0.3, -0.25) is 15.0 Å². The zero-order chi connectivity index (χ0) is 18.4. The zero-order valence-electron chi connectivity index (χ0n) is 14.8. The van der Waals surface area contributed by atoms with Crippen LogP contribution in [0, 0.1) is 6.92 Å². The fourth-order valence-corrected chi connectivity index (χ4v) is 3.41. The molecule has 0 aliphatic heterocycles. The maximum absolute atomic E-state index is 12.4. The minimum atomic E-state index is -0.146. The average Bonchev–Trinajstić information content (AvgIpc) is 3.27. The monoisotopic (exact) mass is 371 g/mol. The lowest BCUT2D eigenvalue weighted by Crippen LogP contribution is -2.32. The molecule has 0 atom stereocenters. The van der Waals surface area contributed by atoms with E-state index in [4.69, 9.17) is 9.26 Å². The predicted octanol–water partition coefficient (Wildman–Crippen LogP) is 3.69. The van der Waals surface area contributed by atoms with Crippen LogP contribution in [0.25, 0.3) is 0 Å². The Morgan fingerprint density at radius 3 is 2.81 bits per heavy atom. The fourth-order valence-electron chi connectivity index (χ4n) is 2.67. The third kappa shape index (κ3) is 4.93. The number of carbonyl (C=O) groups is 1. The maximum atomic E-state index is 12.4. The van der Waals surface area contributed by atoms with Crippen molar-refractivity contribution in [3.05, 3.63) is 64.0 Å². The maximum Gasteiger partial charge on any atom is 0.240 e. The molecular weight excluding hydrogens is 350 g/mol. The normalized spacial score (nSPS) is 10.9. The van der Waals surface area contributed by atoms with Crippen LogP contribution in [0.4, 0.5) is 5.88 Å². The van der Waals surface area contributed by atoms with Gasteiger partial charge in [0.15, 0.2) is 0 Å². The minimum absolute atomic E-state index is 0.146. The van der Waals surface area contributed by atoms with Gasteiger partial charge in [-0.25, -0.2) is 0 Å². The van der Waals surface area contributed by atoms with Gasteiger partial charge >= 0.3 is 0 Å². The molecule has 0 saturated heterocycles. The molecule has 2 aromatic heterocycles. The summed E-state index contributed by atoms with van der Waals surface area (Å²) in [5, 5.41) is 8.57. The van der Waals surface area contributed by atoms with E-state index in [2.05, 4.69) is 21.4 Å². The first-order valence-electron chi connectivity index (χ1n) is 8.24. The van der Waals surface area contributed by atoms with Crippen molar-refractivity contribution in [1.82, 2.24) is 10.1 Å². The number of hydrogen-bond donors (Lipinski definition) is 1. The van der Waals surface area contributed by atoms with Crippen LogP contribution in [0.15, 0.2) is 52.4 Å². The summed E-state index contributed by atoms with van der Waals surface area (Å²) in [6, 6.07) is 13.6. The van der Waals surface area contributed by atoms with E-state index >= 15 is 0 Å². The van der Waals surface area contributed by atoms with Crippen molar-refractivity contribution in [1.29, 1.82) is 0 Å². The first-order chi connectivity index (χ1) is 12.6. The first-order valence-corrected chi connectivity index (χ1v) is 9.12. The molecule has 26 heavy (non-hydrogen) atoms. The van der Waals surface area contributed by atoms with Gasteiger partial charge in [0.2, 0.25) is 11.8 Å². The molecule has 3 rings (SSSR count). The van der Waals surface area contributed by atoms with Gasteiger partial charge in [-0.15, -0.1) is 11.3 Å². The van der Waals surface area contributed by atoms with E-state index in [1.54, 1.807) is 24.5 Å². The Morgan fingerprint density at radius 2 is 2.12 bits per heavy atom. The number of anilines is 1. The van der Waals surface area contributed by atoms with Crippen LogP contribution in [0.5, 0.6) is 5.75 Å². The zero-order valence-corrected chi connectivity index (χ0v) is 15.6. The standard InChI is InChI=1S/C19H21N3O3S/c1-14-10-19(25-21-14)20-18(23)13-22(12-16-7-5-9-26-16)11-15-6-3-4-8-17(15)24-2/h3-10H,11-13H2,1-2H3,(H,20,23). The number of amides is 1. The Kier molecular flexibility index (Phi) is 6.04. The third-order valence-electron chi connectivity index (χ3n) is 3.80. The highest BCUT2D eigenvalue weighted by Gasteiger charge is 2.16. The summed E-state index contributed by atoms with van der Waals surface area (Å²) in [4.78, 5) is 15.7. The van der Waals surface area contributed by atoms with Gasteiger partial charge < -0.3 is 9.26 Å². The summed E-state index contributed by atoms with van der Waals surface area (Å²) in [6.45, 7) is 3.32. The number of para-hydroxylation sites is 1. The summed E-state index contributed by atoms with van der Waals surface area (Å²) in [7, 11) is 1.65. The fraction of sp³-hybridized carbons (Fsp3) is 0.263. The molecule has 1 aromatic carbocycles. The van der Waals surface area contributed by atoms with Crippen molar-refractivity contribution >= 4 is 23.1 Å². The molecule has 0 radical (unpaired) electrons. The number of hydrogen-bond acceptors (Lipinski definition) is 6. The molecule has 1 amide bonds. The molecule has 0 bridgehead atoms. The highest BCUT2D eigenvalue weighted by molar-refractivity contribution is 7.09. The van der Waals surface area contributed by atoms with Crippen LogP contribution in [0.2, 0.25) is 0 Å². The second-order valence-corrected chi connectivity index (χ2v) is 6.95. The van der Waals surface area contributed by atoms with Gasteiger partial charge in [0.05, 0.1) is 19.3 Å². The van der Waals surface area contributed by atoms with Crippen LogP contribution in [-0.2, 0) is 17.9 Å². The van der Waals surface area contributed by atoms with Crippen molar-refractivity contribution in [3.8, 4) is 5.75 Å². The number of nitrogens with zero attached hydrogens (tertiary/aromatic N) is 2. The molecule has 6 nitrogen and oxygen atoms in total. The molecule has 0 aliphatic rings. The van der Waals surface area contributed by atoms with Crippen molar-refractivity contribution in [2.24, 2.45) is 0 Å². The minimum Gasteiger partial charge on any atom is -0.496 e. The number of thiophene rings is 1. The van der Waals surface area contributed by atoms with Crippen LogP contribution in [-0.4, -0.2) is 29.6 Å². The number of rotatable bonds is 8. The van der Waals surface area contributed by atoms with Crippen molar-refractivity contribution in [3.63, 3.8) is 0 Å². The smallest absolute Gasteiger partial charge is 0.240 e. The van der Waals surface area contributed by atoms with Crippen molar-refractivity contribution in [2.45, 2.75) is 20.0 Å². The molecule has 0 fully saturated rings. The third-order valence-corrected chi connectivity index (χ3v) is 4.66. The van der Waals surface area contributed by atoms with Crippen LogP contribution in [0.3, 0.4) is 0 Å². The Labute approximate surface area is 156 Å². The van der Waals surface area contributed by atoms with E-state index in [0.717, 1.165) is 17.0 Å². The molecule has 3 aromatic rings. The lowest BCUT2D eigenvalue weighted by Gasteiger charge is -2.22. The van der Waals surface area contributed by atoms with Gasteiger partial charge in [-0.1, -0.05) is 29.4 Å². The van der Waals surface area contributed by atoms with Crippen LogP contribution >= 0.6 is 11.3 Å². The summed E-state index contributed by atoms with van der Waals surface area (Å²) in [5.74, 6) is 1.03. The van der Waals surface area contributed by atoms with Gasteiger partial charge in [-0.2, -0.15) is 0 Å². The van der Waals surface area contributed by atoms with E-state index in [9.17, 15) is 4.79 Å². The number of benzene rings is 1. The Balaban J connectivity index is 1.71. The molecule has 2 heterocycles. The number of methoxy groups -OCH3 is 1. The summed E-state index contributed by atoms with van der Waals surface area (Å²) >= 11 is 1.67. The molecular formula is C19H21N3O3S. The van der Waals surface area contributed by atoms with Gasteiger partial charge in [-0.05, 0) is 24.4 Å². The van der Waals surface area contributed by atoms with Crippen LogP contribution in [0.1, 0.15) is 16.1 Å². The van der Waals surface area contributed by atoms with E-state index in [-0.39, 0.29) is 12.5 Å². The number of aromatic nitrogens is 1. The van der Waals surface area contributed by atoms with E-state index in [0.29, 0.717) is 19.0 Å². The molecule has 0 aliphatic carbocycles. The number of carbonyl (C=O) groups excluding carboxylic acids is 1. The Morgan fingerprint density at radius 1 is 1.27 bits per heavy atom. The molecule has 7 heteroatoms. The van der Waals surface area contributed by atoms with E-state index in [1.165, 1.54) is 4.88 Å². The topological polar surface area (TPSA) is 67.6 Å². The molecule has 1 N–H and O–H groups in total. The van der Waals surface area contributed by atoms with Crippen molar-refractivity contribution in [2.75, 3.05) is 19.0 Å². The second-order valence-electron chi connectivity index (χ2n) is 5.92. The highest BCUT2D eigenvalue weighted by Crippen LogP contribution is 2.21. The molecule has 0 saturated carbocycles. The Hall–Kier alpha value is -2.64. The lowest BCUT2D eigenvalue weighted by molar-refractivity contribution is -0.117.